The van der Waals surface area contributed by atoms with E-state index in [4.69, 9.17) is 9.47 Å². The Hall–Kier alpha value is -1.10. The first-order valence-electron chi connectivity index (χ1n) is 7.28. The van der Waals surface area contributed by atoms with Crippen molar-refractivity contribution in [3.63, 3.8) is 0 Å². The van der Waals surface area contributed by atoms with Gasteiger partial charge in [-0.05, 0) is 37.5 Å². The minimum absolute atomic E-state index is 0.146. The van der Waals surface area contributed by atoms with E-state index in [1.807, 2.05) is 12.1 Å². The zero-order valence-electron chi connectivity index (χ0n) is 12.4. The summed E-state index contributed by atoms with van der Waals surface area (Å²) in [4.78, 5) is 0. The molecule has 1 fully saturated rings. The fraction of sp³-hybridized carbons (Fsp3) is 0.625. The first kappa shape index (κ1) is 15.3. The number of ether oxygens (including phenoxy) is 2. The number of benzene rings is 1. The molecule has 20 heavy (non-hydrogen) atoms. The van der Waals surface area contributed by atoms with Crippen molar-refractivity contribution in [1.29, 1.82) is 0 Å². The number of phenolic OH excluding ortho intramolecular Hbond substituents is 1. The largest absolute Gasteiger partial charge is 0.508 e. The van der Waals surface area contributed by atoms with Crippen molar-refractivity contribution in [1.82, 2.24) is 5.32 Å². The number of phenols is 1. The minimum Gasteiger partial charge on any atom is -0.508 e. The van der Waals surface area contributed by atoms with Crippen LogP contribution in [0.25, 0.3) is 0 Å². The van der Waals surface area contributed by atoms with Gasteiger partial charge in [0.15, 0.2) is 0 Å². The van der Waals surface area contributed by atoms with Crippen LogP contribution in [0.5, 0.6) is 5.75 Å². The lowest BCUT2D eigenvalue weighted by Gasteiger charge is -2.28. The first-order valence-corrected chi connectivity index (χ1v) is 7.28. The van der Waals surface area contributed by atoms with E-state index in [9.17, 15) is 5.11 Å². The maximum atomic E-state index is 9.26. The molecule has 1 aliphatic heterocycles. The Morgan fingerprint density at radius 2 is 2.15 bits per heavy atom. The lowest BCUT2D eigenvalue weighted by Crippen LogP contribution is -2.45. The Bertz CT molecular complexity index is 399. The number of hydrogen-bond acceptors (Lipinski definition) is 4. The molecule has 2 N–H and O–H groups in total. The summed E-state index contributed by atoms with van der Waals surface area (Å²) in [6.45, 7) is 4.50. The van der Waals surface area contributed by atoms with E-state index in [2.05, 4.69) is 12.2 Å². The van der Waals surface area contributed by atoms with Gasteiger partial charge in [-0.1, -0.05) is 12.1 Å². The summed E-state index contributed by atoms with van der Waals surface area (Å²) < 4.78 is 11.0. The molecule has 0 spiro atoms. The van der Waals surface area contributed by atoms with Crippen LogP contribution in [-0.2, 0) is 15.9 Å². The van der Waals surface area contributed by atoms with Gasteiger partial charge in [0.05, 0.1) is 6.61 Å². The Morgan fingerprint density at radius 3 is 2.75 bits per heavy atom. The highest BCUT2D eigenvalue weighted by molar-refractivity contribution is 5.25. The third-order valence-electron chi connectivity index (χ3n) is 4.08. The Kier molecular flexibility index (Phi) is 5.40. The van der Waals surface area contributed by atoms with Crippen LogP contribution < -0.4 is 5.32 Å². The van der Waals surface area contributed by atoms with Crippen molar-refractivity contribution >= 4 is 0 Å². The minimum atomic E-state index is -0.146. The fourth-order valence-corrected chi connectivity index (χ4v) is 2.47. The molecule has 2 unspecified atom stereocenters. The summed E-state index contributed by atoms with van der Waals surface area (Å²) in [5.41, 5.74) is 1.11. The molecule has 0 radical (unpaired) electrons. The summed E-state index contributed by atoms with van der Waals surface area (Å²) >= 11 is 0. The van der Waals surface area contributed by atoms with Crippen molar-refractivity contribution in [3.05, 3.63) is 29.8 Å². The maximum Gasteiger partial charge on any atom is 0.115 e. The molecule has 0 aromatic heterocycles. The van der Waals surface area contributed by atoms with E-state index in [1.165, 1.54) is 5.56 Å². The van der Waals surface area contributed by atoms with E-state index in [0.717, 1.165) is 32.4 Å². The lowest BCUT2D eigenvalue weighted by molar-refractivity contribution is -0.0173. The number of hydrogen-bond donors (Lipinski definition) is 2. The Morgan fingerprint density at radius 1 is 1.40 bits per heavy atom. The fourth-order valence-electron chi connectivity index (χ4n) is 2.47. The standard InChI is InChI=1S/C16H25NO3/c1-13(3-4-14-5-7-15(18)8-6-14)17-11-16(19-2)9-10-20-12-16/h5-8,13,17-18H,3-4,9-12H2,1-2H3. The van der Waals surface area contributed by atoms with E-state index in [1.54, 1.807) is 19.2 Å². The van der Waals surface area contributed by atoms with Crippen molar-refractivity contribution in [2.45, 2.75) is 37.8 Å². The summed E-state index contributed by atoms with van der Waals surface area (Å²) in [5.74, 6) is 0.322. The quantitative estimate of drug-likeness (QED) is 0.802. The predicted molar refractivity (Wildman–Crippen MR) is 79.1 cm³/mol. The lowest BCUT2D eigenvalue weighted by atomic mass is 10.0. The van der Waals surface area contributed by atoms with Crippen molar-refractivity contribution < 1.29 is 14.6 Å². The number of methoxy groups -OCH3 is 1. The third kappa shape index (κ3) is 4.20. The van der Waals surface area contributed by atoms with E-state index in [0.29, 0.717) is 18.4 Å². The second-order valence-electron chi connectivity index (χ2n) is 5.68. The van der Waals surface area contributed by atoms with Crippen LogP contribution in [0.3, 0.4) is 0 Å². The van der Waals surface area contributed by atoms with Gasteiger partial charge in [-0.2, -0.15) is 0 Å². The average molecular weight is 279 g/mol. The monoisotopic (exact) mass is 279 g/mol. The molecular weight excluding hydrogens is 254 g/mol. The normalized spacial score (nSPS) is 23.9. The van der Waals surface area contributed by atoms with Gasteiger partial charge in [-0.3, -0.25) is 0 Å². The molecule has 112 valence electrons. The van der Waals surface area contributed by atoms with Crippen molar-refractivity contribution in [3.8, 4) is 5.75 Å². The van der Waals surface area contributed by atoms with Gasteiger partial charge in [0.2, 0.25) is 0 Å². The predicted octanol–water partition coefficient (Wildman–Crippen LogP) is 2.11. The molecule has 0 amide bonds. The molecule has 4 nitrogen and oxygen atoms in total. The highest BCUT2D eigenvalue weighted by Gasteiger charge is 2.34. The van der Waals surface area contributed by atoms with E-state index >= 15 is 0 Å². The second kappa shape index (κ2) is 7.07. The first-order chi connectivity index (χ1) is 9.63. The SMILES string of the molecule is COC1(CNC(C)CCc2ccc(O)cc2)CCOC1. The van der Waals surface area contributed by atoms with Gasteiger partial charge < -0.3 is 19.9 Å². The molecular formula is C16H25NO3. The highest BCUT2D eigenvalue weighted by atomic mass is 16.5. The highest BCUT2D eigenvalue weighted by Crippen LogP contribution is 2.21. The molecule has 2 rings (SSSR count). The van der Waals surface area contributed by atoms with Crippen LogP contribution in [-0.4, -0.2) is 43.6 Å². The van der Waals surface area contributed by atoms with Gasteiger partial charge in [-0.25, -0.2) is 0 Å². The molecule has 1 aliphatic rings. The number of aromatic hydroxyl groups is 1. The summed E-state index contributed by atoms with van der Waals surface area (Å²) in [7, 11) is 1.76. The molecule has 1 saturated heterocycles. The van der Waals surface area contributed by atoms with Gasteiger partial charge in [-0.15, -0.1) is 0 Å². The Balaban J connectivity index is 1.72. The van der Waals surface area contributed by atoms with Crippen LogP contribution in [0.2, 0.25) is 0 Å². The summed E-state index contributed by atoms with van der Waals surface area (Å²) in [6, 6.07) is 7.86. The van der Waals surface area contributed by atoms with Gasteiger partial charge >= 0.3 is 0 Å². The topological polar surface area (TPSA) is 50.7 Å². The van der Waals surface area contributed by atoms with Gasteiger partial charge in [0, 0.05) is 32.7 Å². The van der Waals surface area contributed by atoms with Gasteiger partial charge in [0.25, 0.3) is 0 Å². The van der Waals surface area contributed by atoms with Gasteiger partial charge in [0.1, 0.15) is 11.4 Å². The van der Waals surface area contributed by atoms with Crippen LogP contribution in [0.1, 0.15) is 25.3 Å². The number of rotatable bonds is 7. The molecule has 0 saturated carbocycles. The van der Waals surface area contributed by atoms with Crippen LogP contribution in [0.4, 0.5) is 0 Å². The summed E-state index contributed by atoms with van der Waals surface area (Å²) in [6.07, 6.45) is 3.03. The molecule has 1 heterocycles. The number of aryl methyl sites for hydroxylation is 1. The second-order valence-corrected chi connectivity index (χ2v) is 5.68. The van der Waals surface area contributed by atoms with E-state index in [-0.39, 0.29) is 5.60 Å². The van der Waals surface area contributed by atoms with Crippen LogP contribution >= 0.6 is 0 Å². The Labute approximate surface area is 121 Å². The number of nitrogens with one attached hydrogen (secondary N) is 1. The van der Waals surface area contributed by atoms with Crippen LogP contribution in [0, 0.1) is 0 Å². The molecule has 0 bridgehead atoms. The molecule has 1 aromatic carbocycles. The zero-order chi connectivity index (χ0) is 14.4. The average Bonchev–Trinajstić information content (AvgIpc) is 2.94. The zero-order valence-corrected chi connectivity index (χ0v) is 12.4. The molecule has 2 atom stereocenters. The van der Waals surface area contributed by atoms with Crippen molar-refractivity contribution in [2.75, 3.05) is 26.9 Å². The third-order valence-corrected chi connectivity index (χ3v) is 4.08. The van der Waals surface area contributed by atoms with Crippen LogP contribution in [0.15, 0.2) is 24.3 Å². The summed E-state index contributed by atoms with van der Waals surface area (Å²) in [5, 5.41) is 12.8. The smallest absolute Gasteiger partial charge is 0.115 e. The van der Waals surface area contributed by atoms with E-state index < -0.39 is 0 Å². The van der Waals surface area contributed by atoms with Crippen molar-refractivity contribution in [2.24, 2.45) is 0 Å². The maximum absolute atomic E-state index is 9.26. The molecule has 1 aromatic rings. The molecule has 0 aliphatic carbocycles. The molecule has 4 heteroatoms.